The molecule has 0 radical (unpaired) electrons. The third-order valence-corrected chi connectivity index (χ3v) is 1.37. The fourth-order valence-corrected chi connectivity index (χ4v) is 0.770. The predicted molar refractivity (Wildman–Crippen MR) is 54.5 cm³/mol. The van der Waals surface area contributed by atoms with Crippen LogP contribution < -0.4 is 5.73 Å². The van der Waals surface area contributed by atoms with E-state index >= 15 is 0 Å². The van der Waals surface area contributed by atoms with Gasteiger partial charge in [0.05, 0.1) is 13.0 Å². The number of hydrogen-bond donors (Lipinski definition) is 3. The molecule has 0 unspecified atom stereocenters. The highest BCUT2D eigenvalue weighted by Gasteiger charge is 1.96. The highest BCUT2D eigenvalue weighted by Crippen LogP contribution is 1.98. The Morgan fingerprint density at radius 3 is 1.87 bits per heavy atom. The van der Waals surface area contributed by atoms with Gasteiger partial charge in [-0.25, -0.2) is 0 Å². The Morgan fingerprint density at radius 1 is 1.07 bits per heavy atom. The lowest BCUT2D eigenvalue weighted by atomic mass is 10.2. The molecule has 0 aliphatic heterocycles. The fourth-order valence-electron chi connectivity index (χ4n) is 0.770. The molecule has 1 aromatic carbocycles. The zero-order chi connectivity index (χ0) is 11.7. The molecule has 0 fully saturated rings. The highest BCUT2D eigenvalue weighted by molar-refractivity contribution is 5.70. The van der Waals surface area contributed by atoms with Crippen LogP contribution in [0.1, 0.15) is 5.56 Å². The van der Waals surface area contributed by atoms with Gasteiger partial charge >= 0.3 is 11.9 Å². The summed E-state index contributed by atoms with van der Waals surface area (Å²) in [6.07, 6.45) is 0.112. The van der Waals surface area contributed by atoms with Gasteiger partial charge in [-0.1, -0.05) is 30.3 Å². The van der Waals surface area contributed by atoms with E-state index in [0.29, 0.717) is 0 Å². The van der Waals surface area contributed by atoms with Gasteiger partial charge < -0.3 is 15.9 Å². The van der Waals surface area contributed by atoms with Crippen LogP contribution >= 0.6 is 0 Å². The van der Waals surface area contributed by atoms with Crippen molar-refractivity contribution in [3.8, 4) is 0 Å². The number of carbonyl (C=O) groups is 2. The van der Waals surface area contributed by atoms with Crippen molar-refractivity contribution in [2.24, 2.45) is 5.73 Å². The van der Waals surface area contributed by atoms with Crippen LogP contribution in [0.2, 0.25) is 0 Å². The summed E-state index contributed by atoms with van der Waals surface area (Å²) in [6.45, 7) is -0.278. The summed E-state index contributed by atoms with van der Waals surface area (Å²) in [5.74, 6) is -1.75. The van der Waals surface area contributed by atoms with Crippen LogP contribution in [0.5, 0.6) is 0 Å². The van der Waals surface area contributed by atoms with E-state index in [4.69, 9.17) is 10.2 Å². The lowest BCUT2D eigenvalue weighted by Crippen LogP contribution is -2.10. The summed E-state index contributed by atoms with van der Waals surface area (Å²) < 4.78 is 0. The predicted octanol–water partition coefficient (Wildman–Crippen LogP) is 0.343. The van der Waals surface area contributed by atoms with Crippen molar-refractivity contribution in [3.63, 3.8) is 0 Å². The van der Waals surface area contributed by atoms with E-state index in [-0.39, 0.29) is 13.0 Å². The normalized spacial score (nSPS) is 8.60. The maximum Gasteiger partial charge on any atom is 0.317 e. The Labute approximate surface area is 87.1 Å². The molecule has 0 heterocycles. The van der Waals surface area contributed by atoms with Crippen molar-refractivity contribution in [2.75, 3.05) is 6.54 Å². The van der Waals surface area contributed by atoms with Crippen molar-refractivity contribution in [1.82, 2.24) is 0 Å². The second kappa shape index (κ2) is 7.52. The molecule has 0 saturated heterocycles. The van der Waals surface area contributed by atoms with Crippen LogP contribution in [0, 0.1) is 0 Å². The summed E-state index contributed by atoms with van der Waals surface area (Å²) in [7, 11) is 0. The molecule has 0 aliphatic rings. The van der Waals surface area contributed by atoms with Gasteiger partial charge in [-0.05, 0) is 5.56 Å². The number of nitrogens with two attached hydrogens (primary N) is 1. The summed E-state index contributed by atoms with van der Waals surface area (Å²) in [6, 6.07) is 9.13. The molecule has 1 rings (SSSR count). The van der Waals surface area contributed by atoms with Gasteiger partial charge in [-0.3, -0.25) is 9.59 Å². The summed E-state index contributed by atoms with van der Waals surface area (Å²) in [5, 5.41) is 16.0. The lowest BCUT2D eigenvalue weighted by molar-refractivity contribution is -0.136. The van der Waals surface area contributed by atoms with E-state index in [1.54, 1.807) is 12.1 Å². The Kier molecular flexibility index (Phi) is 6.57. The summed E-state index contributed by atoms with van der Waals surface area (Å²) in [4.78, 5) is 19.4. The summed E-state index contributed by atoms with van der Waals surface area (Å²) >= 11 is 0. The third-order valence-electron chi connectivity index (χ3n) is 1.37. The smallest absolute Gasteiger partial charge is 0.317 e. The maximum atomic E-state index is 10.2. The molecule has 0 atom stereocenters. The fraction of sp³-hybridized carbons (Fsp3) is 0.200. The molecule has 0 spiro atoms. The Hall–Kier alpha value is -1.88. The Balaban J connectivity index is 0.000000336. The van der Waals surface area contributed by atoms with Crippen molar-refractivity contribution >= 4 is 11.9 Å². The van der Waals surface area contributed by atoms with Gasteiger partial charge in [0, 0.05) is 0 Å². The molecule has 82 valence electrons. The quantitative estimate of drug-likeness (QED) is 0.669. The van der Waals surface area contributed by atoms with E-state index in [9.17, 15) is 9.59 Å². The monoisotopic (exact) mass is 211 g/mol. The van der Waals surface area contributed by atoms with Gasteiger partial charge in [-0.15, -0.1) is 0 Å². The molecule has 1 aromatic rings. The first-order valence-electron chi connectivity index (χ1n) is 4.24. The van der Waals surface area contributed by atoms with Gasteiger partial charge in [0.1, 0.15) is 0 Å². The van der Waals surface area contributed by atoms with Crippen molar-refractivity contribution in [1.29, 1.82) is 0 Å². The Bertz CT molecular complexity index is 310. The largest absolute Gasteiger partial charge is 0.481 e. The first-order chi connectivity index (χ1) is 7.06. The molecule has 4 N–H and O–H groups in total. The molecule has 5 nitrogen and oxygen atoms in total. The number of carboxylic acid groups (broad SMARTS) is 2. The maximum absolute atomic E-state index is 10.2. The average molecular weight is 211 g/mol. The SMILES string of the molecule is NCC(=O)O.O=C(O)Cc1ccccc1. The van der Waals surface area contributed by atoms with Crippen molar-refractivity contribution in [2.45, 2.75) is 6.42 Å². The first kappa shape index (κ1) is 13.1. The molecule has 5 heteroatoms. The van der Waals surface area contributed by atoms with E-state index in [1.165, 1.54) is 0 Å². The number of aliphatic carboxylic acids is 2. The molecule has 0 bridgehead atoms. The minimum absolute atomic E-state index is 0.112. The van der Waals surface area contributed by atoms with Crippen LogP contribution in [0.4, 0.5) is 0 Å². The number of rotatable bonds is 3. The van der Waals surface area contributed by atoms with Crippen molar-refractivity contribution in [3.05, 3.63) is 35.9 Å². The van der Waals surface area contributed by atoms with Crippen LogP contribution in [-0.4, -0.2) is 28.7 Å². The van der Waals surface area contributed by atoms with Gasteiger partial charge in [0.2, 0.25) is 0 Å². The van der Waals surface area contributed by atoms with E-state index in [0.717, 1.165) is 5.56 Å². The van der Waals surface area contributed by atoms with Gasteiger partial charge in [0.25, 0.3) is 0 Å². The zero-order valence-electron chi connectivity index (χ0n) is 8.09. The molecule has 0 aliphatic carbocycles. The molecule has 15 heavy (non-hydrogen) atoms. The molecule has 0 saturated carbocycles. The molecular weight excluding hydrogens is 198 g/mol. The lowest BCUT2D eigenvalue weighted by Gasteiger charge is -1.92. The van der Waals surface area contributed by atoms with Gasteiger partial charge in [0.15, 0.2) is 0 Å². The first-order valence-corrected chi connectivity index (χ1v) is 4.24. The number of benzene rings is 1. The van der Waals surface area contributed by atoms with Crippen LogP contribution in [0.15, 0.2) is 30.3 Å². The molecule has 0 aromatic heterocycles. The van der Waals surface area contributed by atoms with Crippen LogP contribution in [-0.2, 0) is 16.0 Å². The second-order valence-electron chi connectivity index (χ2n) is 2.65. The van der Waals surface area contributed by atoms with E-state index in [1.807, 2.05) is 18.2 Å². The van der Waals surface area contributed by atoms with E-state index in [2.05, 4.69) is 5.73 Å². The molecule has 0 amide bonds. The second-order valence-corrected chi connectivity index (χ2v) is 2.65. The average Bonchev–Trinajstić information content (AvgIpc) is 2.19. The molecular formula is C10H13NO4. The summed E-state index contributed by atoms with van der Waals surface area (Å²) in [5.41, 5.74) is 5.41. The van der Waals surface area contributed by atoms with Crippen molar-refractivity contribution < 1.29 is 19.8 Å². The minimum Gasteiger partial charge on any atom is -0.481 e. The topological polar surface area (TPSA) is 101 Å². The number of carboxylic acids is 2. The van der Waals surface area contributed by atoms with E-state index < -0.39 is 11.9 Å². The standard InChI is InChI=1S/C8H8O2.C2H5NO2/c9-8(10)6-7-4-2-1-3-5-7;3-1-2(4)5/h1-5H,6H2,(H,9,10);1,3H2,(H,4,5). The Morgan fingerprint density at radius 2 is 1.53 bits per heavy atom. The highest BCUT2D eigenvalue weighted by atomic mass is 16.4. The number of hydrogen-bond acceptors (Lipinski definition) is 3. The van der Waals surface area contributed by atoms with Gasteiger partial charge in [-0.2, -0.15) is 0 Å². The third kappa shape index (κ3) is 8.45. The zero-order valence-corrected chi connectivity index (χ0v) is 8.09. The van der Waals surface area contributed by atoms with Crippen LogP contribution in [0.3, 0.4) is 0 Å². The minimum atomic E-state index is -0.968. The van der Waals surface area contributed by atoms with Crippen LogP contribution in [0.25, 0.3) is 0 Å².